The zero-order chi connectivity index (χ0) is 21.8. The number of carbonyl (C=O) groups is 3. The van der Waals surface area contributed by atoms with Gasteiger partial charge in [0.15, 0.2) is 11.5 Å². The fraction of sp³-hybridized carbons (Fsp3) is 0.286. The van der Waals surface area contributed by atoms with Crippen LogP contribution >= 0.6 is 11.8 Å². The fourth-order valence-electron chi connectivity index (χ4n) is 3.49. The van der Waals surface area contributed by atoms with Gasteiger partial charge in [-0.1, -0.05) is 18.2 Å². The van der Waals surface area contributed by atoms with Crippen LogP contribution in [0.1, 0.15) is 35.1 Å². The van der Waals surface area contributed by atoms with Crippen LogP contribution in [0.4, 0.5) is 5.69 Å². The maximum atomic E-state index is 12.8. The quantitative estimate of drug-likeness (QED) is 0.518. The summed E-state index contributed by atoms with van der Waals surface area (Å²) < 4.78 is 1.84. The van der Waals surface area contributed by atoms with Crippen LogP contribution in [0.5, 0.6) is 0 Å². The first-order valence-electron chi connectivity index (χ1n) is 9.85. The van der Waals surface area contributed by atoms with Crippen LogP contribution in [0.15, 0.2) is 48.7 Å². The van der Waals surface area contributed by atoms with Crippen LogP contribution in [0.3, 0.4) is 0 Å². The number of pyridine rings is 1. The van der Waals surface area contributed by atoms with Crippen molar-refractivity contribution in [2.75, 3.05) is 17.3 Å². The number of amides is 3. The summed E-state index contributed by atoms with van der Waals surface area (Å²) in [4.78, 5) is 37.9. The van der Waals surface area contributed by atoms with Gasteiger partial charge in [0.1, 0.15) is 6.04 Å². The molecule has 9 nitrogen and oxygen atoms in total. The number of nitrogens with zero attached hydrogens (tertiary/aromatic N) is 3. The van der Waals surface area contributed by atoms with Crippen LogP contribution in [-0.4, -0.2) is 50.4 Å². The minimum atomic E-state index is -0.976. The van der Waals surface area contributed by atoms with Crippen molar-refractivity contribution in [3.05, 3.63) is 60.0 Å². The Hall–Kier alpha value is -3.40. The number of benzene rings is 1. The summed E-state index contributed by atoms with van der Waals surface area (Å²) in [6.45, 7) is 0. The fourth-order valence-corrected chi connectivity index (χ4v) is 3.96. The van der Waals surface area contributed by atoms with E-state index >= 15 is 0 Å². The number of para-hydroxylation sites is 1. The second-order valence-corrected chi connectivity index (χ2v) is 8.14. The van der Waals surface area contributed by atoms with Crippen LogP contribution in [0.25, 0.3) is 5.65 Å². The van der Waals surface area contributed by atoms with Gasteiger partial charge in [-0.2, -0.15) is 11.8 Å². The number of anilines is 1. The molecule has 10 heteroatoms. The van der Waals surface area contributed by atoms with Gasteiger partial charge in [-0.05, 0) is 42.7 Å². The molecule has 160 valence electrons. The average molecular weight is 439 g/mol. The van der Waals surface area contributed by atoms with E-state index in [1.807, 2.05) is 35.1 Å². The summed E-state index contributed by atoms with van der Waals surface area (Å²) in [6.07, 6.45) is 4.30. The van der Waals surface area contributed by atoms with Crippen LogP contribution in [-0.2, 0) is 9.59 Å². The highest BCUT2D eigenvalue weighted by Crippen LogP contribution is 2.21. The molecular weight excluding hydrogens is 416 g/mol. The number of fused-ring (bicyclic) bond motifs is 2. The van der Waals surface area contributed by atoms with Gasteiger partial charge in [0.2, 0.25) is 11.8 Å². The Bertz CT molecular complexity index is 1130. The number of hydrogen-bond acceptors (Lipinski definition) is 6. The van der Waals surface area contributed by atoms with Gasteiger partial charge >= 0.3 is 0 Å². The van der Waals surface area contributed by atoms with Gasteiger partial charge < -0.3 is 16.0 Å². The van der Waals surface area contributed by atoms with E-state index in [0.29, 0.717) is 29.1 Å². The van der Waals surface area contributed by atoms with Gasteiger partial charge in [-0.25, -0.2) is 0 Å². The Morgan fingerprint density at radius 3 is 2.84 bits per heavy atom. The van der Waals surface area contributed by atoms with E-state index in [-0.39, 0.29) is 18.4 Å². The van der Waals surface area contributed by atoms with Crippen molar-refractivity contribution in [2.24, 2.45) is 0 Å². The smallest absolute Gasteiger partial charge is 0.254 e. The molecule has 3 N–H and O–H groups in total. The first-order valence-corrected chi connectivity index (χ1v) is 11.2. The molecule has 0 radical (unpaired) electrons. The number of rotatable bonds is 7. The Morgan fingerprint density at radius 1 is 1.19 bits per heavy atom. The number of carbonyl (C=O) groups excluding carboxylic acids is 3. The Kier molecular flexibility index (Phi) is 6.17. The highest BCUT2D eigenvalue weighted by molar-refractivity contribution is 7.98. The third kappa shape index (κ3) is 4.53. The van der Waals surface area contributed by atoms with E-state index in [4.69, 9.17) is 0 Å². The number of hydrogen-bond donors (Lipinski definition) is 3. The number of thioether (sulfide) groups is 1. The van der Waals surface area contributed by atoms with Crippen molar-refractivity contribution < 1.29 is 14.4 Å². The summed E-state index contributed by atoms with van der Waals surface area (Å²) in [5.74, 6) is 0.254. The maximum Gasteiger partial charge on any atom is 0.254 e. The lowest BCUT2D eigenvalue weighted by Gasteiger charge is -2.19. The first kappa shape index (κ1) is 20.9. The monoisotopic (exact) mass is 438 g/mol. The third-order valence-electron chi connectivity index (χ3n) is 5.04. The van der Waals surface area contributed by atoms with E-state index in [1.54, 1.807) is 36.0 Å². The van der Waals surface area contributed by atoms with Crippen molar-refractivity contribution in [1.29, 1.82) is 0 Å². The lowest BCUT2D eigenvalue weighted by atomic mass is 10.1. The second kappa shape index (κ2) is 9.17. The van der Waals surface area contributed by atoms with Gasteiger partial charge in [-0.3, -0.25) is 18.8 Å². The maximum absolute atomic E-state index is 12.8. The van der Waals surface area contributed by atoms with Gasteiger partial charge in [0.25, 0.3) is 5.91 Å². The first-order chi connectivity index (χ1) is 15.1. The normalized spacial score (nSPS) is 16.7. The molecule has 3 amide bonds. The van der Waals surface area contributed by atoms with E-state index in [1.165, 1.54) is 0 Å². The van der Waals surface area contributed by atoms with Crippen LogP contribution < -0.4 is 16.0 Å². The van der Waals surface area contributed by atoms with E-state index in [9.17, 15) is 14.4 Å². The molecule has 0 saturated heterocycles. The minimum Gasteiger partial charge on any atom is -0.346 e. The molecule has 1 aliphatic rings. The second-order valence-electron chi connectivity index (χ2n) is 7.15. The third-order valence-corrected chi connectivity index (χ3v) is 5.68. The average Bonchev–Trinajstić information content (AvgIpc) is 3.15. The molecule has 0 spiro atoms. The highest BCUT2D eigenvalue weighted by Gasteiger charge is 2.30. The van der Waals surface area contributed by atoms with Gasteiger partial charge in [0, 0.05) is 6.20 Å². The van der Waals surface area contributed by atoms with Crippen molar-refractivity contribution in [1.82, 2.24) is 25.2 Å². The molecule has 2 atom stereocenters. The predicted molar refractivity (Wildman–Crippen MR) is 118 cm³/mol. The molecule has 0 aliphatic carbocycles. The molecule has 0 bridgehead atoms. The number of nitrogens with one attached hydrogen (secondary N) is 3. The summed E-state index contributed by atoms with van der Waals surface area (Å²) in [6, 6.07) is 11.0. The zero-order valence-electron chi connectivity index (χ0n) is 16.9. The van der Waals surface area contributed by atoms with E-state index in [2.05, 4.69) is 26.1 Å². The van der Waals surface area contributed by atoms with Crippen molar-refractivity contribution in [3.63, 3.8) is 0 Å². The largest absolute Gasteiger partial charge is 0.346 e. The molecule has 1 unspecified atom stereocenters. The summed E-state index contributed by atoms with van der Waals surface area (Å²) >= 11 is 1.66. The summed E-state index contributed by atoms with van der Waals surface area (Å²) in [5.41, 5.74) is 1.49. The van der Waals surface area contributed by atoms with Gasteiger partial charge in [-0.15, -0.1) is 10.2 Å². The Balaban J connectivity index is 1.49. The zero-order valence-corrected chi connectivity index (χ0v) is 17.7. The molecular formula is C21H22N6O3S. The lowest BCUT2D eigenvalue weighted by Crippen LogP contribution is -2.45. The van der Waals surface area contributed by atoms with Crippen molar-refractivity contribution in [2.45, 2.75) is 24.9 Å². The molecule has 31 heavy (non-hydrogen) atoms. The Morgan fingerprint density at radius 2 is 2.00 bits per heavy atom. The molecule has 0 saturated carbocycles. The molecule has 1 aliphatic heterocycles. The van der Waals surface area contributed by atoms with E-state index < -0.39 is 17.9 Å². The van der Waals surface area contributed by atoms with Crippen molar-refractivity contribution in [3.8, 4) is 0 Å². The molecule has 1 aromatic carbocycles. The summed E-state index contributed by atoms with van der Waals surface area (Å²) in [7, 11) is 0. The minimum absolute atomic E-state index is 0.182. The van der Waals surface area contributed by atoms with Crippen LogP contribution in [0.2, 0.25) is 0 Å². The molecule has 0 fully saturated rings. The molecule has 3 aromatic rings. The standard InChI is InChI=1S/C21H22N6O3S/c1-31-11-9-15(19-26-25-17-8-4-5-10-27(17)19)22-18(28)12-16-21(30)23-14-7-3-2-6-13(14)20(29)24-16/h2-8,10,15-16H,9,11-12H2,1H3,(H,22,28)(H,23,30)(H,24,29)/t15?,16-/m0/s1. The predicted octanol–water partition coefficient (Wildman–Crippen LogP) is 1.78. The van der Waals surface area contributed by atoms with Crippen LogP contribution in [0, 0.1) is 0 Å². The number of aromatic nitrogens is 3. The van der Waals surface area contributed by atoms with Crippen molar-refractivity contribution >= 4 is 40.8 Å². The lowest BCUT2D eigenvalue weighted by molar-refractivity contribution is -0.126. The molecule has 3 heterocycles. The molecule has 2 aromatic heterocycles. The topological polar surface area (TPSA) is 117 Å². The molecule has 4 rings (SSSR count). The summed E-state index contributed by atoms with van der Waals surface area (Å²) in [5, 5.41) is 16.7. The van der Waals surface area contributed by atoms with Gasteiger partial charge in [0.05, 0.1) is 23.7 Å². The van der Waals surface area contributed by atoms with E-state index in [0.717, 1.165) is 5.75 Å². The highest BCUT2D eigenvalue weighted by atomic mass is 32.2. The SMILES string of the molecule is CSCCC(NC(=O)C[C@@H]1NC(=O)c2ccccc2NC1=O)c1nnc2ccccn12. The Labute approximate surface area is 183 Å².